The van der Waals surface area contributed by atoms with Crippen LogP contribution in [-0.2, 0) is 9.53 Å². The fourth-order valence-electron chi connectivity index (χ4n) is 1.95. The molecule has 0 aromatic carbocycles. The van der Waals surface area contributed by atoms with E-state index >= 15 is 0 Å². The molecule has 0 aromatic heterocycles. The van der Waals surface area contributed by atoms with E-state index in [1.165, 1.54) is 12.8 Å². The number of hydrogen-bond donors (Lipinski definition) is 2. The quantitative estimate of drug-likeness (QED) is 0.533. The third-order valence-corrected chi connectivity index (χ3v) is 3.90. The zero-order valence-corrected chi connectivity index (χ0v) is 13.2. The summed E-state index contributed by atoms with van der Waals surface area (Å²) in [6, 6.07) is 0. The van der Waals surface area contributed by atoms with Gasteiger partial charge in [0, 0.05) is 19.7 Å². The van der Waals surface area contributed by atoms with E-state index in [2.05, 4.69) is 10.2 Å². The number of rotatable bonds is 12. The van der Waals surface area contributed by atoms with Crippen molar-refractivity contribution in [3.63, 3.8) is 0 Å². The number of aliphatic carboxylic acids is 1. The molecule has 1 fully saturated rings. The van der Waals surface area contributed by atoms with Crippen LogP contribution in [0.25, 0.3) is 0 Å². The maximum Gasteiger partial charge on any atom is 0.323 e. The second-order valence-electron chi connectivity index (χ2n) is 6.14. The van der Waals surface area contributed by atoms with E-state index in [4.69, 9.17) is 4.74 Å². The van der Waals surface area contributed by atoms with Crippen molar-refractivity contribution in [1.29, 1.82) is 0 Å². The molecule has 118 valence electrons. The Morgan fingerprint density at radius 1 is 1.45 bits per heavy atom. The second-order valence-corrected chi connectivity index (χ2v) is 6.14. The predicted octanol–water partition coefficient (Wildman–Crippen LogP) is 1.58. The predicted molar refractivity (Wildman–Crippen MR) is 80.0 cm³/mol. The Morgan fingerprint density at radius 3 is 2.70 bits per heavy atom. The summed E-state index contributed by atoms with van der Waals surface area (Å²) in [4.78, 5) is 13.5. The molecule has 20 heavy (non-hydrogen) atoms. The van der Waals surface area contributed by atoms with Crippen molar-refractivity contribution in [2.75, 3.05) is 39.9 Å². The van der Waals surface area contributed by atoms with Gasteiger partial charge in [-0.25, -0.2) is 0 Å². The first-order valence-electron chi connectivity index (χ1n) is 7.72. The first-order valence-corrected chi connectivity index (χ1v) is 7.72. The topological polar surface area (TPSA) is 61.8 Å². The minimum Gasteiger partial charge on any atom is -0.480 e. The largest absolute Gasteiger partial charge is 0.480 e. The summed E-state index contributed by atoms with van der Waals surface area (Å²) >= 11 is 0. The number of ether oxygens (including phenoxy) is 1. The van der Waals surface area contributed by atoms with Gasteiger partial charge >= 0.3 is 5.97 Å². The fourth-order valence-corrected chi connectivity index (χ4v) is 1.95. The summed E-state index contributed by atoms with van der Waals surface area (Å²) in [6.45, 7) is 7.78. The smallest absolute Gasteiger partial charge is 0.323 e. The summed E-state index contributed by atoms with van der Waals surface area (Å²) in [5.74, 6) is 0.0261. The normalized spacial score (nSPS) is 18.2. The molecule has 2 N–H and O–H groups in total. The van der Waals surface area contributed by atoms with Crippen molar-refractivity contribution < 1.29 is 14.6 Å². The molecule has 5 heteroatoms. The van der Waals surface area contributed by atoms with E-state index in [1.54, 1.807) is 6.92 Å². The molecule has 1 rings (SSSR count). The van der Waals surface area contributed by atoms with Gasteiger partial charge in [-0.2, -0.15) is 0 Å². The van der Waals surface area contributed by atoms with E-state index < -0.39 is 11.5 Å². The molecule has 0 spiro atoms. The van der Waals surface area contributed by atoms with Crippen molar-refractivity contribution in [2.24, 2.45) is 5.92 Å². The Bertz CT molecular complexity index is 295. The van der Waals surface area contributed by atoms with Crippen molar-refractivity contribution in [3.8, 4) is 0 Å². The van der Waals surface area contributed by atoms with Gasteiger partial charge in [0.2, 0.25) is 0 Å². The first-order chi connectivity index (χ1) is 9.48. The monoisotopic (exact) mass is 286 g/mol. The number of carboxylic acid groups (broad SMARTS) is 1. The van der Waals surface area contributed by atoms with Crippen LogP contribution in [0.4, 0.5) is 0 Å². The Labute approximate surface area is 122 Å². The molecule has 0 bridgehead atoms. The standard InChI is InChI=1S/C15H30N2O3/c1-4-8-16-15(2,14(18)19)7-9-17(3)10-11-20-12-13-5-6-13/h13,16H,4-12H2,1-3H3,(H,18,19). The highest BCUT2D eigenvalue weighted by Gasteiger charge is 2.32. The van der Waals surface area contributed by atoms with Crippen LogP contribution in [0.15, 0.2) is 0 Å². The van der Waals surface area contributed by atoms with E-state index in [0.29, 0.717) is 6.42 Å². The van der Waals surface area contributed by atoms with Gasteiger partial charge in [0.1, 0.15) is 5.54 Å². The van der Waals surface area contributed by atoms with Gasteiger partial charge in [-0.05, 0) is 52.1 Å². The van der Waals surface area contributed by atoms with Crippen LogP contribution in [0.2, 0.25) is 0 Å². The zero-order chi connectivity index (χ0) is 15.0. The van der Waals surface area contributed by atoms with Gasteiger partial charge < -0.3 is 20.1 Å². The van der Waals surface area contributed by atoms with Crippen LogP contribution < -0.4 is 5.32 Å². The highest BCUT2D eigenvalue weighted by Crippen LogP contribution is 2.28. The Balaban J connectivity index is 2.17. The average molecular weight is 286 g/mol. The summed E-state index contributed by atoms with van der Waals surface area (Å²) in [7, 11) is 2.02. The zero-order valence-electron chi connectivity index (χ0n) is 13.2. The SMILES string of the molecule is CCCNC(C)(CCN(C)CCOCC1CC1)C(=O)O. The molecule has 1 saturated carbocycles. The van der Waals surface area contributed by atoms with Crippen molar-refractivity contribution in [3.05, 3.63) is 0 Å². The average Bonchev–Trinajstić information content (AvgIpc) is 3.23. The summed E-state index contributed by atoms with van der Waals surface area (Å²) in [5, 5.41) is 12.5. The van der Waals surface area contributed by atoms with E-state index in [-0.39, 0.29) is 0 Å². The molecule has 0 amide bonds. The molecule has 1 atom stereocenters. The van der Waals surface area contributed by atoms with Crippen molar-refractivity contribution >= 4 is 5.97 Å². The summed E-state index contributed by atoms with van der Waals surface area (Å²) in [6.07, 6.45) is 4.17. The number of nitrogens with zero attached hydrogens (tertiary/aromatic N) is 1. The number of likely N-dealkylation sites (N-methyl/N-ethyl adjacent to an activating group) is 1. The summed E-state index contributed by atoms with van der Waals surface area (Å²) in [5.41, 5.74) is -0.834. The van der Waals surface area contributed by atoms with Gasteiger partial charge in [-0.3, -0.25) is 4.79 Å². The van der Waals surface area contributed by atoms with Crippen LogP contribution in [0.5, 0.6) is 0 Å². The molecular formula is C15H30N2O3. The lowest BCUT2D eigenvalue weighted by molar-refractivity contribution is -0.144. The molecule has 0 aliphatic heterocycles. The molecule has 0 heterocycles. The van der Waals surface area contributed by atoms with Crippen LogP contribution in [-0.4, -0.2) is 61.4 Å². The Hall–Kier alpha value is -0.650. The molecule has 0 radical (unpaired) electrons. The third kappa shape index (κ3) is 6.68. The van der Waals surface area contributed by atoms with Crippen LogP contribution in [0, 0.1) is 5.92 Å². The lowest BCUT2D eigenvalue weighted by atomic mass is 9.97. The highest BCUT2D eigenvalue weighted by atomic mass is 16.5. The molecular weight excluding hydrogens is 256 g/mol. The molecule has 0 saturated heterocycles. The van der Waals surface area contributed by atoms with Crippen LogP contribution >= 0.6 is 0 Å². The van der Waals surface area contributed by atoms with Crippen LogP contribution in [0.1, 0.15) is 39.5 Å². The van der Waals surface area contributed by atoms with Gasteiger partial charge in [0.25, 0.3) is 0 Å². The summed E-state index contributed by atoms with van der Waals surface area (Å²) < 4.78 is 5.60. The lowest BCUT2D eigenvalue weighted by Crippen LogP contribution is -2.51. The number of nitrogens with one attached hydrogen (secondary N) is 1. The van der Waals surface area contributed by atoms with E-state index in [0.717, 1.165) is 45.2 Å². The third-order valence-electron chi connectivity index (χ3n) is 3.90. The molecule has 1 aliphatic carbocycles. The molecule has 1 unspecified atom stereocenters. The molecule has 1 aliphatic rings. The Kier molecular flexibility index (Phi) is 7.48. The minimum absolute atomic E-state index is 0.599. The van der Waals surface area contributed by atoms with Gasteiger partial charge in [-0.1, -0.05) is 6.92 Å². The maximum absolute atomic E-state index is 11.4. The maximum atomic E-state index is 11.4. The first kappa shape index (κ1) is 17.4. The van der Waals surface area contributed by atoms with Gasteiger partial charge in [-0.15, -0.1) is 0 Å². The molecule has 0 aromatic rings. The van der Waals surface area contributed by atoms with Crippen LogP contribution in [0.3, 0.4) is 0 Å². The molecule has 5 nitrogen and oxygen atoms in total. The minimum atomic E-state index is -0.834. The second kappa shape index (κ2) is 8.60. The number of carboxylic acids is 1. The van der Waals surface area contributed by atoms with Gasteiger partial charge in [0.05, 0.1) is 6.61 Å². The highest BCUT2D eigenvalue weighted by molar-refractivity contribution is 5.78. The van der Waals surface area contributed by atoms with Crippen molar-refractivity contribution in [2.45, 2.75) is 45.1 Å². The fraction of sp³-hybridized carbons (Fsp3) is 0.933. The number of hydrogen-bond acceptors (Lipinski definition) is 4. The number of carbonyl (C=O) groups is 1. The van der Waals surface area contributed by atoms with Crippen molar-refractivity contribution in [1.82, 2.24) is 10.2 Å². The Morgan fingerprint density at radius 2 is 2.15 bits per heavy atom. The lowest BCUT2D eigenvalue weighted by Gasteiger charge is -2.28. The van der Waals surface area contributed by atoms with Gasteiger partial charge in [0.15, 0.2) is 0 Å². The van der Waals surface area contributed by atoms with E-state index in [1.807, 2.05) is 14.0 Å². The van der Waals surface area contributed by atoms with E-state index in [9.17, 15) is 9.90 Å².